The van der Waals surface area contributed by atoms with Crippen LogP contribution in [0, 0.1) is 5.92 Å². The summed E-state index contributed by atoms with van der Waals surface area (Å²) in [6.07, 6.45) is 2.12. The van der Waals surface area contributed by atoms with E-state index in [2.05, 4.69) is 25.9 Å². The molecule has 4 rings (SSSR count). The van der Waals surface area contributed by atoms with Gasteiger partial charge in [0.15, 0.2) is 5.82 Å². The minimum Gasteiger partial charge on any atom is -0.444 e. The van der Waals surface area contributed by atoms with E-state index in [0.29, 0.717) is 16.6 Å². The van der Waals surface area contributed by atoms with E-state index in [1.807, 2.05) is 19.2 Å². The van der Waals surface area contributed by atoms with E-state index in [-0.39, 0.29) is 12.2 Å². The minimum absolute atomic E-state index is 0.214. The molecule has 2 atom stereocenters. The van der Waals surface area contributed by atoms with Crippen LogP contribution in [0.4, 0.5) is 20.7 Å². The Hall–Kier alpha value is -3.56. The number of nitrogens with zero attached hydrogens (tertiary/aromatic N) is 4. The van der Waals surface area contributed by atoms with Crippen LogP contribution in [0.2, 0.25) is 0 Å². The molecule has 1 aliphatic rings. The number of benzene rings is 1. The molecule has 2 N–H and O–H groups in total. The Kier molecular flexibility index (Phi) is 5.53. The van der Waals surface area contributed by atoms with Gasteiger partial charge < -0.3 is 10.1 Å². The van der Waals surface area contributed by atoms with E-state index in [4.69, 9.17) is 4.74 Å². The van der Waals surface area contributed by atoms with Crippen molar-refractivity contribution >= 4 is 34.4 Å². The van der Waals surface area contributed by atoms with E-state index in [0.717, 1.165) is 17.7 Å². The monoisotopic (exact) mass is 440 g/mol. The number of carbonyl (C=O) groups is 2. The molecule has 0 aliphatic heterocycles. The summed E-state index contributed by atoms with van der Waals surface area (Å²) in [4.78, 5) is 24.5. The van der Waals surface area contributed by atoms with Gasteiger partial charge >= 0.3 is 6.09 Å². The second kappa shape index (κ2) is 8.18. The van der Waals surface area contributed by atoms with Crippen molar-refractivity contribution in [2.24, 2.45) is 5.92 Å². The zero-order valence-electron chi connectivity index (χ0n) is 18.3. The van der Waals surface area contributed by atoms with Crippen LogP contribution in [0.3, 0.4) is 0 Å². The third kappa shape index (κ3) is 4.84. The van der Waals surface area contributed by atoms with Crippen LogP contribution in [0.25, 0.3) is 22.0 Å². The molecule has 0 bridgehead atoms. The lowest BCUT2D eigenvalue weighted by Crippen LogP contribution is -2.27. The summed E-state index contributed by atoms with van der Waals surface area (Å²) in [6.45, 7) is 8.03. The van der Waals surface area contributed by atoms with E-state index in [1.54, 1.807) is 43.8 Å². The van der Waals surface area contributed by atoms with Gasteiger partial charge in [0.25, 0.3) is 0 Å². The molecule has 1 aliphatic carbocycles. The molecule has 9 nitrogen and oxygen atoms in total. The predicted molar refractivity (Wildman–Crippen MR) is 118 cm³/mol. The molecule has 2 aromatic heterocycles. The van der Waals surface area contributed by atoms with Crippen molar-refractivity contribution in [3.05, 3.63) is 30.6 Å². The van der Waals surface area contributed by atoms with Crippen molar-refractivity contribution in [3.63, 3.8) is 0 Å². The summed E-state index contributed by atoms with van der Waals surface area (Å²) in [5.74, 6) is -0.840. The third-order valence-electron chi connectivity index (χ3n) is 4.92. The lowest BCUT2D eigenvalue weighted by molar-refractivity contribution is -0.117. The summed E-state index contributed by atoms with van der Waals surface area (Å²) in [6, 6.07) is 5.28. The number of rotatable bonds is 5. The van der Waals surface area contributed by atoms with Gasteiger partial charge in [-0.25, -0.2) is 9.18 Å². The average molecular weight is 440 g/mol. The van der Waals surface area contributed by atoms with E-state index in [1.165, 1.54) is 0 Å². The van der Waals surface area contributed by atoms with Crippen molar-refractivity contribution < 1.29 is 18.7 Å². The first-order chi connectivity index (χ1) is 15.1. The normalized spacial score (nSPS) is 17.8. The molecule has 168 valence electrons. The zero-order valence-corrected chi connectivity index (χ0v) is 18.3. The molecule has 0 radical (unpaired) electrons. The van der Waals surface area contributed by atoms with E-state index in [9.17, 15) is 14.0 Å². The Morgan fingerprint density at radius 2 is 1.94 bits per heavy atom. The quantitative estimate of drug-likeness (QED) is 0.616. The Bertz CT molecular complexity index is 1190. The molecular weight excluding hydrogens is 415 g/mol. The summed E-state index contributed by atoms with van der Waals surface area (Å²) < 4.78 is 20.4. The van der Waals surface area contributed by atoms with Crippen molar-refractivity contribution in [3.8, 4) is 11.1 Å². The number of carbonyl (C=O) groups excluding carboxylic acids is 2. The number of ether oxygens (including phenoxy) is 1. The van der Waals surface area contributed by atoms with Gasteiger partial charge in [-0.15, -0.1) is 10.2 Å². The number of nitrogens with one attached hydrogen (secondary N) is 2. The van der Waals surface area contributed by atoms with Gasteiger partial charge in [0.05, 0.1) is 17.8 Å². The van der Waals surface area contributed by atoms with Gasteiger partial charge in [-0.05, 0) is 57.9 Å². The molecule has 1 aromatic carbocycles. The lowest BCUT2D eigenvalue weighted by Gasteiger charge is -2.20. The Labute approximate surface area is 184 Å². The molecular formula is C22H25FN6O3. The van der Waals surface area contributed by atoms with Gasteiger partial charge in [-0.1, -0.05) is 0 Å². The predicted octanol–water partition coefficient (Wildman–Crippen LogP) is 4.16. The fourth-order valence-electron chi connectivity index (χ4n) is 3.23. The first-order valence-electron chi connectivity index (χ1n) is 10.4. The van der Waals surface area contributed by atoms with Crippen LogP contribution in [-0.2, 0) is 16.1 Å². The highest BCUT2D eigenvalue weighted by Gasteiger charge is 2.43. The zero-order chi connectivity index (χ0) is 23.0. The smallest absolute Gasteiger partial charge is 0.412 e. The van der Waals surface area contributed by atoms with Crippen LogP contribution in [0.5, 0.6) is 0 Å². The maximum atomic E-state index is 13.2. The van der Waals surface area contributed by atoms with Crippen LogP contribution in [0.15, 0.2) is 30.6 Å². The number of halogens is 1. The van der Waals surface area contributed by atoms with Crippen LogP contribution in [-0.4, -0.2) is 43.8 Å². The number of aryl methyl sites for hydroxylation is 1. The maximum absolute atomic E-state index is 13.2. The summed E-state index contributed by atoms with van der Waals surface area (Å²) in [5.41, 5.74) is 1.81. The summed E-state index contributed by atoms with van der Waals surface area (Å²) in [7, 11) is 0. The van der Waals surface area contributed by atoms with Gasteiger partial charge in [0, 0.05) is 23.7 Å². The molecule has 1 saturated carbocycles. The number of hydrogen-bond acceptors (Lipinski definition) is 6. The highest BCUT2D eigenvalue weighted by molar-refractivity contribution is 6.02. The SMILES string of the molecule is CCn1cc(-c2cc(NC(=O)OC(C)(C)C)c3nnc(NC(=O)[C@@H]4C[C@@H]4F)cc3c2)cn1. The molecule has 32 heavy (non-hydrogen) atoms. The van der Waals surface area contributed by atoms with Crippen molar-refractivity contribution in [1.82, 2.24) is 20.0 Å². The van der Waals surface area contributed by atoms with Gasteiger partial charge in [-0.3, -0.25) is 14.8 Å². The number of amides is 2. The second-order valence-electron chi connectivity index (χ2n) is 8.75. The fraction of sp³-hybridized carbons (Fsp3) is 0.409. The Balaban J connectivity index is 1.71. The van der Waals surface area contributed by atoms with E-state index < -0.39 is 29.7 Å². The molecule has 2 heterocycles. The van der Waals surface area contributed by atoms with Crippen LogP contribution in [0.1, 0.15) is 34.1 Å². The van der Waals surface area contributed by atoms with Crippen molar-refractivity contribution in [2.45, 2.75) is 52.4 Å². The maximum Gasteiger partial charge on any atom is 0.412 e. The minimum atomic E-state index is -1.10. The van der Waals surface area contributed by atoms with Gasteiger partial charge in [0.1, 0.15) is 17.3 Å². The van der Waals surface area contributed by atoms with Gasteiger partial charge in [0.2, 0.25) is 5.91 Å². The number of anilines is 2. The molecule has 3 aromatic rings. The van der Waals surface area contributed by atoms with Crippen molar-refractivity contribution in [2.75, 3.05) is 10.6 Å². The van der Waals surface area contributed by atoms with Crippen LogP contribution < -0.4 is 10.6 Å². The highest BCUT2D eigenvalue weighted by atomic mass is 19.1. The molecule has 0 unspecified atom stereocenters. The number of aromatic nitrogens is 4. The van der Waals surface area contributed by atoms with Gasteiger partial charge in [-0.2, -0.15) is 5.10 Å². The number of fused-ring (bicyclic) bond motifs is 1. The molecule has 1 fully saturated rings. The lowest BCUT2D eigenvalue weighted by atomic mass is 10.0. The number of hydrogen-bond donors (Lipinski definition) is 2. The molecule has 0 spiro atoms. The summed E-state index contributed by atoms with van der Waals surface area (Å²) in [5, 5.41) is 18.5. The third-order valence-corrected chi connectivity index (χ3v) is 4.92. The fourth-order valence-corrected chi connectivity index (χ4v) is 3.23. The van der Waals surface area contributed by atoms with Crippen molar-refractivity contribution in [1.29, 1.82) is 0 Å². The first-order valence-corrected chi connectivity index (χ1v) is 10.4. The summed E-state index contributed by atoms with van der Waals surface area (Å²) >= 11 is 0. The molecule has 2 amide bonds. The standard InChI is InChI=1S/C22H25FN6O3/c1-5-29-11-14(10-24-29)12-6-13-8-18(26-20(30)15-9-16(15)23)27-28-19(13)17(7-12)25-21(31)32-22(2,3)4/h6-8,10-11,15-16H,5,9H2,1-4H3,(H,25,31)(H,26,27,30)/t15-,16+/m1/s1. The molecule has 10 heteroatoms. The largest absolute Gasteiger partial charge is 0.444 e. The topological polar surface area (TPSA) is 111 Å². The Morgan fingerprint density at radius 1 is 1.19 bits per heavy atom. The highest BCUT2D eigenvalue weighted by Crippen LogP contribution is 2.35. The van der Waals surface area contributed by atoms with E-state index >= 15 is 0 Å². The molecule has 0 saturated heterocycles. The second-order valence-corrected chi connectivity index (χ2v) is 8.75. The number of alkyl halides is 1. The first kappa shape index (κ1) is 21.7. The van der Waals surface area contributed by atoms with Crippen LogP contribution >= 0.6 is 0 Å². The Morgan fingerprint density at radius 3 is 2.56 bits per heavy atom. The average Bonchev–Trinajstić information content (AvgIpc) is 3.25.